The van der Waals surface area contributed by atoms with Crippen molar-refractivity contribution in [3.8, 4) is 28.1 Å². The minimum atomic E-state index is -4.62. The molecule has 0 aliphatic rings. The average Bonchev–Trinajstić information content (AvgIpc) is 3.24. The highest BCUT2D eigenvalue weighted by Gasteiger charge is 2.33. The molecule has 0 fully saturated rings. The van der Waals surface area contributed by atoms with Crippen molar-refractivity contribution < 1.29 is 34.8 Å². The second-order valence-electron chi connectivity index (χ2n) is 7.83. The lowest BCUT2D eigenvalue weighted by Gasteiger charge is -2.12. The van der Waals surface area contributed by atoms with Gasteiger partial charge in [0.05, 0.1) is 16.8 Å². The third kappa shape index (κ3) is 5.71. The van der Waals surface area contributed by atoms with Gasteiger partial charge >= 0.3 is 12.4 Å². The number of halogens is 6. The smallest absolute Gasteiger partial charge is 0.316 e. The van der Waals surface area contributed by atoms with Crippen LogP contribution in [0.4, 0.5) is 32.0 Å². The van der Waals surface area contributed by atoms with Crippen molar-refractivity contribution in [2.75, 3.05) is 4.72 Å². The second-order valence-corrected chi connectivity index (χ2v) is 9.12. The molecule has 0 radical (unpaired) electrons. The summed E-state index contributed by atoms with van der Waals surface area (Å²) in [6.07, 6.45) is -8.16. The zero-order chi connectivity index (χ0) is 26.3. The van der Waals surface area contributed by atoms with Crippen LogP contribution in [-0.2, 0) is 22.6 Å². The number of alkyl halides is 6. The van der Waals surface area contributed by atoms with Gasteiger partial charge in [0.1, 0.15) is 0 Å². The van der Waals surface area contributed by atoms with Crippen LogP contribution in [0, 0.1) is 0 Å². The van der Waals surface area contributed by atoms with Gasteiger partial charge in [0, 0.05) is 17.6 Å². The molecule has 3 aromatic carbocycles. The van der Waals surface area contributed by atoms with Gasteiger partial charge in [-0.05, 0) is 59.2 Å². The van der Waals surface area contributed by atoms with Gasteiger partial charge in [-0.15, -0.1) is 0 Å². The van der Waals surface area contributed by atoms with Crippen molar-refractivity contribution >= 4 is 15.9 Å². The Morgan fingerprint density at radius 1 is 0.667 bits per heavy atom. The second kappa shape index (κ2) is 9.03. The van der Waals surface area contributed by atoms with Gasteiger partial charge in [-0.1, -0.05) is 36.4 Å². The van der Waals surface area contributed by atoms with Gasteiger partial charge in [-0.3, -0.25) is 4.72 Å². The normalized spacial score (nSPS) is 12.5. The van der Waals surface area contributed by atoms with Crippen molar-refractivity contribution in [2.24, 2.45) is 5.14 Å². The molecule has 0 unspecified atom stereocenters. The van der Waals surface area contributed by atoms with E-state index in [1.165, 1.54) is 41.0 Å². The summed E-state index contributed by atoms with van der Waals surface area (Å²) < 4.78 is 105. The molecule has 0 saturated carbocycles. The van der Waals surface area contributed by atoms with Crippen molar-refractivity contribution in [3.05, 3.63) is 96.2 Å². The third-order valence-corrected chi connectivity index (χ3v) is 5.80. The molecule has 3 N–H and O–H groups in total. The van der Waals surface area contributed by atoms with E-state index in [0.29, 0.717) is 22.4 Å². The summed E-state index contributed by atoms with van der Waals surface area (Å²) in [5, 5.41) is 4.93. The SMILES string of the molecule is NS(=O)(=O)Nc1ccc(-n2cc(C(F)(F)F)cc2-c2ccc(-c3ccc(C(F)(F)F)cc3)cc2)cc1. The van der Waals surface area contributed by atoms with Crippen molar-refractivity contribution in [1.29, 1.82) is 0 Å². The van der Waals surface area contributed by atoms with E-state index in [0.717, 1.165) is 24.4 Å². The van der Waals surface area contributed by atoms with E-state index in [2.05, 4.69) is 4.72 Å². The van der Waals surface area contributed by atoms with Crippen LogP contribution < -0.4 is 9.86 Å². The first-order valence-electron chi connectivity index (χ1n) is 10.2. The summed E-state index contributed by atoms with van der Waals surface area (Å²) in [7, 11) is -4.02. The Morgan fingerprint density at radius 2 is 1.14 bits per heavy atom. The van der Waals surface area contributed by atoms with Crippen molar-refractivity contribution in [3.63, 3.8) is 0 Å². The maximum Gasteiger partial charge on any atom is 0.417 e. The van der Waals surface area contributed by atoms with Gasteiger partial charge < -0.3 is 4.57 Å². The van der Waals surface area contributed by atoms with E-state index in [-0.39, 0.29) is 11.4 Å². The molecule has 4 aromatic rings. The Balaban J connectivity index is 1.70. The minimum absolute atomic E-state index is 0.131. The van der Waals surface area contributed by atoms with Gasteiger partial charge in [0.15, 0.2) is 0 Å². The van der Waals surface area contributed by atoms with Gasteiger partial charge in [-0.25, -0.2) is 5.14 Å². The van der Waals surface area contributed by atoms with Crippen LogP contribution in [0.5, 0.6) is 0 Å². The Hall–Kier alpha value is -3.77. The molecule has 1 aromatic heterocycles. The van der Waals surface area contributed by atoms with E-state index in [4.69, 9.17) is 5.14 Å². The molecule has 0 atom stereocenters. The molecule has 36 heavy (non-hydrogen) atoms. The molecule has 188 valence electrons. The molecule has 0 aliphatic heterocycles. The zero-order valence-corrected chi connectivity index (χ0v) is 18.9. The quantitative estimate of drug-likeness (QED) is 0.293. The molecule has 0 amide bonds. The average molecular weight is 525 g/mol. The largest absolute Gasteiger partial charge is 0.417 e. The number of nitrogens with zero attached hydrogens (tertiary/aromatic N) is 1. The Bertz CT molecular complexity index is 1470. The van der Waals surface area contributed by atoms with Crippen molar-refractivity contribution in [2.45, 2.75) is 12.4 Å². The first kappa shape index (κ1) is 25.3. The topological polar surface area (TPSA) is 77.1 Å². The minimum Gasteiger partial charge on any atom is -0.316 e. The molecule has 12 heteroatoms. The molecular weight excluding hydrogens is 508 g/mol. The summed E-state index contributed by atoms with van der Waals surface area (Å²) in [6.45, 7) is 0. The number of anilines is 1. The number of nitrogens with one attached hydrogen (secondary N) is 1. The molecule has 0 spiro atoms. The standard InChI is InChI=1S/C24H17F6N3O2S/c25-23(26,27)18-7-5-16(6-8-18)15-1-3-17(4-2-15)22-13-19(24(28,29)30)14-33(22)21-11-9-20(10-12-21)32-36(31,34)35/h1-14,32H,(H2,31,34,35). The monoisotopic (exact) mass is 525 g/mol. The molecule has 0 bridgehead atoms. The number of hydrogen-bond acceptors (Lipinski definition) is 2. The lowest BCUT2D eigenvalue weighted by Crippen LogP contribution is -2.21. The summed E-state index contributed by atoms with van der Waals surface area (Å²) >= 11 is 0. The van der Waals surface area contributed by atoms with Gasteiger partial charge in [0.2, 0.25) is 0 Å². The number of nitrogens with two attached hydrogens (primary N) is 1. The molecule has 5 nitrogen and oxygen atoms in total. The number of hydrogen-bond donors (Lipinski definition) is 2. The highest BCUT2D eigenvalue weighted by molar-refractivity contribution is 7.90. The maximum absolute atomic E-state index is 13.5. The first-order valence-corrected chi connectivity index (χ1v) is 11.7. The zero-order valence-electron chi connectivity index (χ0n) is 18.1. The number of rotatable bonds is 5. The third-order valence-electron chi connectivity index (χ3n) is 5.28. The van der Waals surface area contributed by atoms with Crippen LogP contribution in [-0.4, -0.2) is 13.0 Å². The fraction of sp³-hybridized carbons (Fsp3) is 0.0833. The van der Waals surface area contributed by atoms with Gasteiger partial charge in [0.25, 0.3) is 10.2 Å². The first-order chi connectivity index (χ1) is 16.7. The van der Waals surface area contributed by atoms with Crippen LogP contribution in [0.1, 0.15) is 11.1 Å². The molecular formula is C24H17F6N3O2S. The highest BCUT2D eigenvalue weighted by Crippen LogP contribution is 2.36. The molecule has 1 heterocycles. The fourth-order valence-electron chi connectivity index (χ4n) is 3.59. The van der Waals surface area contributed by atoms with E-state index >= 15 is 0 Å². The predicted octanol–water partition coefficient (Wildman–Crippen LogP) is 6.46. The number of benzene rings is 3. The van der Waals surface area contributed by atoms with E-state index < -0.39 is 33.7 Å². The lowest BCUT2D eigenvalue weighted by atomic mass is 10.0. The van der Waals surface area contributed by atoms with Crippen LogP contribution >= 0.6 is 0 Å². The molecule has 0 aliphatic carbocycles. The molecule has 4 rings (SSSR count). The maximum atomic E-state index is 13.5. The van der Waals surface area contributed by atoms with Crippen LogP contribution in [0.15, 0.2) is 85.1 Å². The Labute approximate surface area is 202 Å². The highest BCUT2D eigenvalue weighted by atomic mass is 32.2. The van der Waals surface area contributed by atoms with Crippen LogP contribution in [0.3, 0.4) is 0 Å². The fourth-order valence-corrected chi connectivity index (χ4v) is 4.06. The molecule has 0 saturated heterocycles. The Kier molecular flexibility index (Phi) is 6.35. The summed E-state index contributed by atoms with van der Waals surface area (Å²) in [6, 6.07) is 17.4. The Morgan fingerprint density at radius 3 is 1.61 bits per heavy atom. The van der Waals surface area contributed by atoms with Gasteiger partial charge in [-0.2, -0.15) is 34.8 Å². The predicted molar refractivity (Wildman–Crippen MR) is 123 cm³/mol. The van der Waals surface area contributed by atoms with Crippen molar-refractivity contribution in [1.82, 2.24) is 4.57 Å². The summed E-state index contributed by atoms with van der Waals surface area (Å²) in [5.74, 6) is 0. The number of aromatic nitrogens is 1. The van der Waals surface area contributed by atoms with Crippen LogP contribution in [0.25, 0.3) is 28.1 Å². The van der Waals surface area contributed by atoms with Crippen LogP contribution in [0.2, 0.25) is 0 Å². The van der Waals surface area contributed by atoms with E-state index in [1.54, 1.807) is 24.3 Å². The lowest BCUT2D eigenvalue weighted by molar-refractivity contribution is -0.138. The summed E-state index contributed by atoms with van der Waals surface area (Å²) in [4.78, 5) is 0. The van der Waals surface area contributed by atoms with E-state index in [9.17, 15) is 34.8 Å². The summed E-state index contributed by atoms with van der Waals surface area (Å²) in [5.41, 5.74) is 0.501. The van der Waals surface area contributed by atoms with E-state index in [1.807, 2.05) is 0 Å².